The number of ether oxygens (including phenoxy) is 1. The number of nitrogens with zero attached hydrogens (tertiary/aromatic N) is 1. The molecule has 0 saturated heterocycles. The highest BCUT2D eigenvalue weighted by Crippen LogP contribution is 2.40. The van der Waals surface area contributed by atoms with Crippen LogP contribution in [0.5, 0.6) is 5.75 Å². The first-order chi connectivity index (χ1) is 15.5. The van der Waals surface area contributed by atoms with Crippen molar-refractivity contribution in [2.75, 3.05) is 10.0 Å². The van der Waals surface area contributed by atoms with E-state index in [-0.39, 0.29) is 16.1 Å². The van der Waals surface area contributed by atoms with Crippen molar-refractivity contribution in [2.45, 2.75) is 11.5 Å². The molecule has 0 bridgehead atoms. The van der Waals surface area contributed by atoms with Crippen LogP contribution in [-0.4, -0.2) is 19.3 Å². The van der Waals surface area contributed by atoms with Crippen LogP contribution in [0.2, 0.25) is 0 Å². The van der Waals surface area contributed by atoms with Gasteiger partial charge in [-0.05, 0) is 36.4 Å². The van der Waals surface area contributed by atoms with Crippen molar-refractivity contribution in [1.82, 2.24) is 4.98 Å². The molecule has 0 atom stereocenters. The summed E-state index contributed by atoms with van der Waals surface area (Å²) in [6.45, 7) is 0.382. The van der Waals surface area contributed by atoms with Crippen LogP contribution in [-0.2, 0) is 16.6 Å². The van der Waals surface area contributed by atoms with Gasteiger partial charge < -0.3 is 4.74 Å². The second-order valence-electron chi connectivity index (χ2n) is 6.99. The molecule has 1 aliphatic rings. The maximum Gasteiger partial charge on any atom is 0.261 e. The fourth-order valence-corrected chi connectivity index (χ4v) is 5.37. The van der Waals surface area contributed by atoms with Crippen LogP contribution in [0, 0.1) is 0 Å². The third-order valence-corrected chi connectivity index (χ3v) is 7.21. The number of carbonyl (C=O) groups excluding carboxylic acids is 1. The molecule has 160 valence electrons. The number of rotatable bonds is 5. The summed E-state index contributed by atoms with van der Waals surface area (Å²) in [4.78, 5) is 18.6. The Morgan fingerprint density at radius 2 is 1.66 bits per heavy atom. The molecule has 9 heteroatoms. The van der Waals surface area contributed by atoms with Gasteiger partial charge in [-0.2, -0.15) is 0 Å². The number of fused-ring (bicyclic) bond motifs is 3. The predicted molar refractivity (Wildman–Crippen MR) is 124 cm³/mol. The third-order valence-electron chi connectivity index (χ3n) is 4.89. The summed E-state index contributed by atoms with van der Waals surface area (Å²) in [7, 11) is -3.84. The average Bonchev–Trinajstić information content (AvgIpc) is 3.23. The summed E-state index contributed by atoms with van der Waals surface area (Å²) in [5.74, 6) is 0.292. The summed E-state index contributed by atoms with van der Waals surface area (Å²) in [5.41, 5.74) is 2.03. The van der Waals surface area contributed by atoms with E-state index in [2.05, 4.69) is 15.0 Å². The summed E-state index contributed by atoms with van der Waals surface area (Å²) in [6.07, 6.45) is 0. The number of hydrogen-bond donors (Lipinski definition) is 2. The number of nitrogens with one attached hydrogen (secondary N) is 2. The first-order valence-electron chi connectivity index (χ1n) is 9.71. The largest absolute Gasteiger partial charge is 0.487 e. The van der Waals surface area contributed by atoms with E-state index in [1.165, 1.54) is 23.5 Å². The number of para-hydroxylation sites is 2. The molecule has 5 rings (SSSR count). The van der Waals surface area contributed by atoms with Gasteiger partial charge in [0.2, 0.25) is 0 Å². The molecule has 0 unspecified atom stereocenters. The van der Waals surface area contributed by atoms with Crippen LogP contribution in [0.1, 0.15) is 15.2 Å². The van der Waals surface area contributed by atoms with Gasteiger partial charge in [0.05, 0.1) is 26.7 Å². The minimum absolute atomic E-state index is 0.112. The van der Waals surface area contributed by atoms with Gasteiger partial charge in [0, 0.05) is 5.56 Å². The molecule has 2 heterocycles. The molecular formula is C23H17N3O4S2. The molecule has 4 aromatic rings. The van der Waals surface area contributed by atoms with Gasteiger partial charge in [-0.25, -0.2) is 13.4 Å². The Kier molecular flexibility index (Phi) is 5.12. The Bertz CT molecular complexity index is 1420. The Morgan fingerprint density at radius 1 is 0.938 bits per heavy atom. The highest BCUT2D eigenvalue weighted by molar-refractivity contribution is 7.92. The van der Waals surface area contributed by atoms with Crippen molar-refractivity contribution in [2.24, 2.45) is 0 Å². The maximum atomic E-state index is 13.0. The molecule has 1 aromatic heterocycles. The highest BCUT2D eigenvalue weighted by atomic mass is 32.2. The van der Waals surface area contributed by atoms with Crippen LogP contribution in [0.3, 0.4) is 0 Å². The standard InChI is InChI=1S/C23H17N3O4S2/c27-22(25-23-24-21-17-11-5-7-13-19(17)30-14-20(21)31-23)16-10-4-6-12-18(16)26-32(28,29)15-8-2-1-3-9-15/h1-13,26H,14H2,(H,24,25,27). The fraction of sp³-hybridized carbons (Fsp3) is 0.0435. The minimum atomic E-state index is -3.84. The number of carbonyl (C=O) groups is 1. The molecule has 0 fully saturated rings. The van der Waals surface area contributed by atoms with E-state index in [0.717, 1.165) is 21.9 Å². The molecule has 0 saturated carbocycles. The van der Waals surface area contributed by atoms with Gasteiger partial charge in [0.1, 0.15) is 12.4 Å². The van der Waals surface area contributed by atoms with E-state index >= 15 is 0 Å². The number of amides is 1. The number of aromatic nitrogens is 1. The molecule has 2 N–H and O–H groups in total. The first-order valence-corrected chi connectivity index (χ1v) is 12.0. The van der Waals surface area contributed by atoms with E-state index in [0.29, 0.717) is 11.7 Å². The highest BCUT2D eigenvalue weighted by Gasteiger charge is 2.24. The van der Waals surface area contributed by atoms with Crippen LogP contribution >= 0.6 is 11.3 Å². The van der Waals surface area contributed by atoms with E-state index in [9.17, 15) is 13.2 Å². The Balaban J connectivity index is 1.41. The molecule has 0 radical (unpaired) electrons. The zero-order valence-electron chi connectivity index (χ0n) is 16.6. The second kappa shape index (κ2) is 8.10. The van der Waals surface area contributed by atoms with Crippen molar-refractivity contribution >= 4 is 38.1 Å². The van der Waals surface area contributed by atoms with Gasteiger partial charge in [0.15, 0.2) is 5.13 Å². The van der Waals surface area contributed by atoms with Crippen molar-refractivity contribution in [3.8, 4) is 17.0 Å². The molecule has 1 amide bonds. The zero-order valence-corrected chi connectivity index (χ0v) is 18.2. The normalized spacial score (nSPS) is 12.2. The molecule has 0 aliphatic carbocycles. The van der Waals surface area contributed by atoms with E-state index in [1.54, 1.807) is 42.5 Å². The van der Waals surface area contributed by atoms with Gasteiger partial charge in [0.25, 0.3) is 15.9 Å². The molecule has 32 heavy (non-hydrogen) atoms. The van der Waals surface area contributed by atoms with Crippen molar-refractivity contribution in [3.63, 3.8) is 0 Å². The monoisotopic (exact) mass is 463 g/mol. The first kappa shape index (κ1) is 20.2. The van der Waals surface area contributed by atoms with Gasteiger partial charge >= 0.3 is 0 Å². The Hall–Kier alpha value is -3.69. The number of benzene rings is 3. The topological polar surface area (TPSA) is 97.4 Å². The molecule has 0 spiro atoms. The number of hydrogen-bond acceptors (Lipinski definition) is 6. The second-order valence-corrected chi connectivity index (χ2v) is 9.76. The molecule has 1 aliphatic heterocycles. The number of thiazole rings is 1. The lowest BCUT2D eigenvalue weighted by Crippen LogP contribution is -2.18. The quantitative estimate of drug-likeness (QED) is 0.445. The van der Waals surface area contributed by atoms with Crippen molar-refractivity contribution < 1.29 is 17.9 Å². The van der Waals surface area contributed by atoms with Crippen molar-refractivity contribution in [1.29, 1.82) is 0 Å². The Morgan fingerprint density at radius 3 is 2.50 bits per heavy atom. The molecule has 3 aromatic carbocycles. The van der Waals surface area contributed by atoms with Crippen molar-refractivity contribution in [3.05, 3.63) is 89.3 Å². The van der Waals surface area contributed by atoms with Crippen LogP contribution < -0.4 is 14.8 Å². The summed E-state index contributed by atoms with van der Waals surface area (Å²) in [6, 6.07) is 22.0. The van der Waals surface area contributed by atoms with Gasteiger partial charge in [-0.1, -0.05) is 53.8 Å². The van der Waals surface area contributed by atoms with Crippen LogP contribution in [0.15, 0.2) is 83.8 Å². The summed E-state index contributed by atoms with van der Waals surface area (Å²) >= 11 is 1.33. The third kappa shape index (κ3) is 3.83. The van der Waals surface area contributed by atoms with E-state index in [1.807, 2.05) is 24.3 Å². The summed E-state index contributed by atoms with van der Waals surface area (Å²) < 4.78 is 33.7. The van der Waals surface area contributed by atoms with Gasteiger partial charge in [-0.15, -0.1) is 0 Å². The van der Waals surface area contributed by atoms with Crippen LogP contribution in [0.4, 0.5) is 10.8 Å². The SMILES string of the molecule is O=C(Nc1nc2c(s1)COc1ccccc1-2)c1ccccc1NS(=O)(=O)c1ccccc1. The van der Waals surface area contributed by atoms with Gasteiger partial charge in [-0.3, -0.25) is 14.8 Å². The Labute approximate surface area is 188 Å². The van der Waals surface area contributed by atoms with Crippen LogP contribution in [0.25, 0.3) is 11.3 Å². The number of anilines is 2. The summed E-state index contributed by atoms with van der Waals surface area (Å²) in [5, 5.41) is 3.21. The average molecular weight is 464 g/mol. The molecular weight excluding hydrogens is 446 g/mol. The zero-order chi connectivity index (χ0) is 22.1. The minimum Gasteiger partial charge on any atom is -0.487 e. The maximum absolute atomic E-state index is 13.0. The predicted octanol–water partition coefficient (Wildman–Crippen LogP) is 4.76. The lowest BCUT2D eigenvalue weighted by atomic mass is 10.1. The van der Waals surface area contributed by atoms with E-state index in [4.69, 9.17) is 4.74 Å². The smallest absolute Gasteiger partial charge is 0.261 e. The lowest BCUT2D eigenvalue weighted by Gasteiger charge is -2.15. The number of sulfonamides is 1. The fourth-order valence-electron chi connectivity index (χ4n) is 3.38. The lowest BCUT2D eigenvalue weighted by molar-refractivity contribution is 0.102. The van der Waals surface area contributed by atoms with E-state index < -0.39 is 15.9 Å². The molecule has 7 nitrogen and oxygen atoms in total.